The molecule has 0 aliphatic carbocycles. The van der Waals surface area contributed by atoms with Crippen LogP contribution in [0, 0.1) is 5.92 Å². The molecule has 0 radical (unpaired) electrons. The summed E-state index contributed by atoms with van der Waals surface area (Å²) in [6.07, 6.45) is 3.59. The first-order valence-electron chi connectivity index (χ1n) is 6.07. The number of hydrogen-bond donors (Lipinski definition) is 1. The fourth-order valence-electron chi connectivity index (χ4n) is 2.36. The largest absolute Gasteiger partial charge is 0.480 e. The second-order valence-electron chi connectivity index (χ2n) is 4.54. The van der Waals surface area contributed by atoms with E-state index in [1.807, 2.05) is 6.92 Å². The molecule has 18 heavy (non-hydrogen) atoms. The number of likely N-dealkylation sites (tertiary alicyclic amines) is 1. The summed E-state index contributed by atoms with van der Waals surface area (Å²) in [6, 6.07) is 0.695. The number of carbonyl (C=O) groups excluding carboxylic acids is 1. The monoisotopic (exact) mass is 252 g/mol. The van der Waals surface area contributed by atoms with Crippen molar-refractivity contribution in [3.8, 4) is 0 Å². The van der Waals surface area contributed by atoms with Gasteiger partial charge in [-0.15, -0.1) is 0 Å². The van der Waals surface area contributed by atoms with Crippen LogP contribution in [0.15, 0.2) is 16.9 Å². The Morgan fingerprint density at radius 3 is 2.94 bits per heavy atom. The molecule has 2 heterocycles. The summed E-state index contributed by atoms with van der Waals surface area (Å²) in [5.41, 5.74) is 0.163. The predicted molar refractivity (Wildman–Crippen MR) is 62.0 cm³/mol. The van der Waals surface area contributed by atoms with Crippen molar-refractivity contribution in [2.75, 3.05) is 6.54 Å². The maximum Gasteiger partial charge on any atom is 0.326 e. The molecule has 1 aromatic heterocycles. The number of rotatable bonds is 3. The maximum absolute atomic E-state index is 12.1. The van der Waals surface area contributed by atoms with E-state index in [2.05, 4.69) is 9.68 Å². The average molecular weight is 252 g/mol. The van der Waals surface area contributed by atoms with E-state index >= 15 is 0 Å². The molecule has 6 heteroatoms. The molecule has 1 aromatic rings. The van der Waals surface area contributed by atoms with Crippen molar-refractivity contribution in [2.45, 2.75) is 32.2 Å². The van der Waals surface area contributed by atoms with Crippen molar-refractivity contribution in [2.24, 2.45) is 5.92 Å². The van der Waals surface area contributed by atoms with Gasteiger partial charge in [0.2, 0.25) is 0 Å². The highest BCUT2D eigenvalue weighted by molar-refractivity contribution is 5.94. The van der Waals surface area contributed by atoms with Crippen molar-refractivity contribution in [1.29, 1.82) is 0 Å². The number of hydrogen-bond acceptors (Lipinski definition) is 4. The third kappa shape index (κ3) is 2.37. The minimum Gasteiger partial charge on any atom is -0.480 e. The van der Waals surface area contributed by atoms with Gasteiger partial charge in [-0.3, -0.25) is 4.79 Å². The highest BCUT2D eigenvalue weighted by Crippen LogP contribution is 2.26. The van der Waals surface area contributed by atoms with Crippen LogP contribution in [0.3, 0.4) is 0 Å². The standard InChI is InChI=1S/C12H16N2O4/c1-2-8-3-5-14(10(7-8)12(16)17)11(15)9-4-6-18-13-9/h4,6,8,10H,2-3,5,7H2,1H3,(H,16,17). The van der Waals surface area contributed by atoms with Crippen molar-refractivity contribution >= 4 is 11.9 Å². The summed E-state index contributed by atoms with van der Waals surface area (Å²) in [7, 11) is 0. The molecular formula is C12H16N2O4. The molecule has 2 atom stereocenters. The van der Waals surface area contributed by atoms with E-state index in [1.54, 1.807) is 0 Å². The van der Waals surface area contributed by atoms with Gasteiger partial charge in [0.05, 0.1) is 0 Å². The van der Waals surface area contributed by atoms with Crippen LogP contribution in [0.5, 0.6) is 0 Å². The third-order valence-corrected chi connectivity index (χ3v) is 3.49. The Kier molecular flexibility index (Phi) is 3.64. The minimum atomic E-state index is -0.954. The van der Waals surface area contributed by atoms with E-state index in [0.29, 0.717) is 18.9 Å². The molecule has 2 unspecified atom stereocenters. The molecule has 0 spiro atoms. The lowest BCUT2D eigenvalue weighted by molar-refractivity contribution is -0.144. The first-order chi connectivity index (χ1) is 8.63. The molecule has 1 amide bonds. The maximum atomic E-state index is 12.1. The first-order valence-corrected chi connectivity index (χ1v) is 6.07. The van der Waals surface area contributed by atoms with E-state index in [1.165, 1.54) is 17.2 Å². The Morgan fingerprint density at radius 1 is 1.61 bits per heavy atom. The number of aliphatic carboxylic acids is 1. The van der Waals surface area contributed by atoms with Crippen molar-refractivity contribution < 1.29 is 19.2 Å². The zero-order chi connectivity index (χ0) is 13.1. The van der Waals surface area contributed by atoms with Gasteiger partial charge in [0.15, 0.2) is 5.69 Å². The summed E-state index contributed by atoms with van der Waals surface area (Å²) in [6.45, 7) is 2.50. The van der Waals surface area contributed by atoms with Crippen LogP contribution < -0.4 is 0 Å². The molecule has 98 valence electrons. The second-order valence-corrected chi connectivity index (χ2v) is 4.54. The second kappa shape index (κ2) is 5.20. The zero-order valence-electron chi connectivity index (χ0n) is 10.2. The Hall–Kier alpha value is -1.85. The lowest BCUT2D eigenvalue weighted by atomic mass is 9.88. The molecule has 1 aliphatic heterocycles. The highest BCUT2D eigenvalue weighted by atomic mass is 16.5. The number of carboxylic acids is 1. The van der Waals surface area contributed by atoms with Crippen LogP contribution in [0.1, 0.15) is 36.7 Å². The van der Waals surface area contributed by atoms with Crippen LogP contribution in [0.25, 0.3) is 0 Å². The van der Waals surface area contributed by atoms with Gasteiger partial charge >= 0.3 is 5.97 Å². The topological polar surface area (TPSA) is 83.6 Å². The molecule has 0 aromatic carbocycles. The van der Waals surface area contributed by atoms with Crippen LogP contribution in [0.4, 0.5) is 0 Å². The van der Waals surface area contributed by atoms with Crippen LogP contribution >= 0.6 is 0 Å². The van der Waals surface area contributed by atoms with Crippen molar-refractivity contribution in [3.05, 3.63) is 18.0 Å². The summed E-state index contributed by atoms with van der Waals surface area (Å²) >= 11 is 0. The number of nitrogens with zero attached hydrogens (tertiary/aromatic N) is 2. The predicted octanol–water partition coefficient (Wildman–Crippen LogP) is 1.39. The number of carboxylic acid groups (broad SMARTS) is 1. The van der Waals surface area contributed by atoms with Gasteiger partial charge in [-0.1, -0.05) is 18.5 Å². The van der Waals surface area contributed by atoms with Gasteiger partial charge in [0.25, 0.3) is 5.91 Å². The van der Waals surface area contributed by atoms with Gasteiger partial charge in [-0.25, -0.2) is 4.79 Å². The molecule has 1 N–H and O–H groups in total. The molecule has 1 saturated heterocycles. The summed E-state index contributed by atoms with van der Waals surface area (Å²) in [4.78, 5) is 24.8. The average Bonchev–Trinajstić information content (AvgIpc) is 2.91. The fourth-order valence-corrected chi connectivity index (χ4v) is 2.36. The molecule has 2 rings (SSSR count). The van der Waals surface area contributed by atoms with Crippen molar-refractivity contribution in [3.63, 3.8) is 0 Å². The molecule has 1 aliphatic rings. The minimum absolute atomic E-state index is 0.163. The third-order valence-electron chi connectivity index (χ3n) is 3.49. The number of amides is 1. The fraction of sp³-hybridized carbons (Fsp3) is 0.583. The quantitative estimate of drug-likeness (QED) is 0.878. The van der Waals surface area contributed by atoms with Gasteiger partial charge in [-0.05, 0) is 18.8 Å². The molecule has 0 saturated carbocycles. The lowest BCUT2D eigenvalue weighted by Gasteiger charge is -2.36. The molecule has 1 fully saturated rings. The van der Waals surface area contributed by atoms with Gasteiger partial charge in [0, 0.05) is 12.6 Å². The van der Waals surface area contributed by atoms with Crippen molar-refractivity contribution in [1.82, 2.24) is 10.1 Å². The summed E-state index contributed by atoms with van der Waals surface area (Å²) < 4.78 is 4.62. The summed E-state index contributed by atoms with van der Waals surface area (Å²) in [5.74, 6) is -0.955. The van der Waals surface area contributed by atoms with E-state index in [9.17, 15) is 14.7 Å². The Labute approximate surface area is 105 Å². The first kappa shape index (κ1) is 12.6. The molecule has 6 nitrogen and oxygen atoms in total. The Balaban J connectivity index is 2.16. The van der Waals surface area contributed by atoms with E-state index in [0.717, 1.165) is 12.8 Å². The number of piperidine rings is 1. The smallest absolute Gasteiger partial charge is 0.326 e. The van der Waals surface area contributed by atoms with Gasteiger partial charge in [-0.2, -0.15) is 0 Å². The normalized spacial score (nSPS) is 23.9. The van der Waals surface area contributed by atoms with Gasteiger partial charge < -0.3 is 14.5 Å². The van der Waals surface area contributed by atoms with E-state index in [-0.39, 0.29) is 11.6 Å². The Bertz CT molecular complexity index is 429. The van der Waals surface area contributed by atoms with Gasteiger partial charge in [0.1, 0.15) is 12.3 Å². The van der Waals surface area contributed by atoms with E-state index in [4.69, 9.17) is 0 Å². The number of carbonyl (C=O) groups is 2. The SMILES string of the molecule is CCC1CCN(C(=O)c2ccon2)C(C(=O)O)C1. The highest BCUT2D eigenvalue weighted by Gasteiger charge is 2.36. The van der Waals surface area contributed by atoms with Crippen LogP contribution in [-0.2, 0) is 4.79 Å². The van der Waals surface area contributed by atoms with Crippen LogP contribution in [0.2, 0.25) is 0 Å². The molecule has 0 bridgehead atoms. The summed E-state index contributed by atoms with van der Waals surface area (Å²) in [5, 5.41) is 12.8. The van der Waals surface area contributed by atoms with Crippen LogP contribution in [-0.4, -0.2) is 39.6 Å². The Morgan fingerprint density at radius 2 is 2.39 bits per heavy atom. The zero-order valence-corrected chi connectivity index (χ0v) is 10.2. The van der Waals surface area contributed by atoms with E-state index < -0.39 is 12.0 Å². The number of aromatic nitrogens is 1. The molecular weight excluding hydrogens is 236 g/mol. The lowest BCUT2D eigenvalue weighted by Crippen LogP contribution is -2.50.